The number of primary sulfonamides is 1. The first-order valence-electron chi connectivity index (χ1n) is 6.29. The van der Waals surface area contributed by atoms with Crippen LogP contribution in [0.2, 0.25) is 0 Å². The largest absolute Gasteiger partial charge is 0.316 e. The molecule has 0 fully saturated rings. The van der Waals surface area contributed by atoms with E-state index in [9.17, 15) is 8.42 Å². The van der Waals surface area contributed by atoms with Gasteiger partial charge < -0.3 is 5.32 Å². The van der Waals surface area contributed by atoms with Crippen LogP contribution in [0.25, 0.3) is 11.3 Å². The molecule has 0 saturated carbocycles. The lowest BCUT2D eigenvalue weighted by Crippen LogP contribution is -2.11. The van der Waals surface area contributed by atoms with Gasteiger partial charge in [0.2, 0.25) is 10.0 Å². The van der Waals surface area contributed by atoms with Crippen LogP contribution in [0.3, 0.4) is 0 Å². The van der Waals surface area contributed by atoms with Gasteiger partial charge in [0.05, 0.1) is 10.6 Å². The Morgan fingerprint density at radius 3 is 2.50 bits per heavy atom. The Kier molecular flexibility index (Phi) is 3.88. The van der Waals surface area contributed by atoms with Crippen molar-refractivity contribution < 1.29 is 8.42 Å². The lowest BCUT2D eigenvalue weighted by atomic mass is 10.2. The topological polar surface area (TPSA) is 98.0 Å². The molecule has 0 spiro atoms. The molecule has 0 amide bonds. The van der Waals surface area contributed by atoms with E-state index in [1.54, 1.807) is 18.3 Å². The van der Waals surface area contributed by atoms with Gasteiger partial charge in [0.1, 0.15) is 5.82 Å². The summed E-state index contributed by atoms with van der Waals surface area (Å²) in [4.78, 5) is 8.71. The lowest BCUT2D eigenvalue weighted by molar-refractivity contribution is 0.598. The summed E-state index contributed by atoms with van der Waals surface area (Å²) in [7, 11) is -3.68. The molecule has 22 heavy (non-hydrogen) atoms. The van der Waals surface area contributed by atoms with Crippen molar-refractivity contribution in [1.29, 1.82) is 0 Å². The highest BCUT2D eigenvalue weighted by atomic mass is 32.2. The minimum atomic E-state index is -3.68. The highest BCUT2D eigenvalue weighted by Gasteiger charge is 2.09. The molecule has 3 N–H and O–H groups in total. The zero-order chi connectivity index (χ0) is 15.6. The van der Waals surface area contributed by atoms with E-state index in [0.717, 1.165) is 11.3 Å². The fourth-order valence-electron chi connectivity index (χ4n) is 1.83. The van der Waals surface area contributed by atoms with Gasteiger partial charge in [-0.3, -0.25) is 0 Å². The quantitative estimate of drug-likeness (QED) is 0.765. The number of nitrogens with two attached hydrogens (primary N) is 1. The predicted molar refractivity (Wildman–Crippen MR) is 86.4 cm³/mol. The second-order valence-electron chi connectivity index (χ2n) is 4.45. The number of sulfonamides is 1. The summed E-state index contributed by atoms with van der Waals surface area (Å²) >= 11 is 1.44. The number of aromatic nitrogens is 2. The summed E-state index contributed by atoms with van der Waals surface area (Å²) in [6.45, 7) is 0. The van der Waals surface area contributed by atoms with Gasteiger partial charge in [-0.2, -0.15) is 0 Å². The Hall–Kier alpha value is -2.29. The Morgan fingerprint density at radius 1 is 1.09 bits per heavy atom. The van der Waals surface area contributed by atoms with Crippen LogP contribution in [0.1, 0.15) is 0 Å². The molecule has 0 aliphatic heterocycles. The van der Waals surface area contributed by atoms with Gasteiger partial charge in [-0.15, -0.1) is 11.3 Å². The van der Waals surface area contributed by atoms with Gasteiger partial charge in [0.25, 0.3) is 0 Å². The van der Waals surface area contributed by atoms with Gasteiger partial charge in [0.15, 0.2) is 5.13 Å². The average molecular weight is 332 g/mol. The molecule has 0 aliphatic carbocycles. The van der Waals surface area contributed by atoms with E-state index in [-0.39, 0.29) is 4.90 Å². The Morgan fingerprint density at radius 2 is 1.86 bits per heavy atom. The van der Waals surface area contributed by atoms with Crippen LogP contribution in [0.15, 0.2) is 58.9 Å². The Bertz CT molecular complexity index is 875. The summed E-state index contributed by atoms with van der Waals surface area (Å²) in [6.07, 6.45) is 1.70. The highest BCUT2D eigenvalue weighted by Crippen LogP contribution is 2.27. The minimum Gasteiger partial charge on any atom is -0.316 e. The van der Waals surface area contributed by atoms with Crippen LogP contribution in [0.5, 0.6) is 0 Å². The average Bonchev–Trinajstić information content (AvgIpc) is 2.96. The van der Waals surface area contributed by atoms with E-state index < -0.39 is 10.0 Å². The third-order valence-electron chi connectivity index (χ3n) is 2.88. The molecule has 0 saturated heterocycles. The van der Waals surface area contributed by atoms with Crippen LogP contribution in [0, 0.1) is 0 Å². The van der Waals surface area contributed by atoms with E-state index in [1.807, 2.05) is 23.6 Å². The van der Waals surface area contributed by atoms with Crippen molar-refractivity contribution in [3.05, 3.63) is 54.0 Å². The van der Waals surface area contributed by atoms with Crippen molar-refractivity contribution in [2.24, 2.45) is 5.14 Å². The van der Waals surface area contributed by atoms with Crippen LogP contribution in [0.4, 0.5) is 10.9 Å². The fraction of sp³-hybridized carbons (Fsp3) is 0. The molecule has 3 rings (SSSR count). The molecule has 0 unspecified atom stereocenters. The van der Waals surface area contributed by atoms with Gasteiger partial charge in [-0.05, 0) is 24.3 Å². The van der Waals surface area contributed by atoms with Crippen molar-refractivity contribution in [1.82, 2.24) is 9.97 Å². The summed E-state index contributed by atoms with van der Waals surface area (Å²) in [5.41, 5.74) is 1.57. The van der Waals surface area contributed by atoms with Crippen molar-refractivity contribution in [3.63, 3.8) is 0 Å². The monoisotopic (exact) mass is 332 g/mol. The number of hydrogen-bond donors (Lipinski definition) is 2. The number of hydrogen-bond acceptors (Lipinski definition) is 6. The van der Waals surface area contributed by atoms with E-state index in [2.05, 4.69) is 15.3 Å². The van der Waals surface area contributed by atoms with E-state index in [1.165, 1.54) is 23.5 Å². The molecule has 8 heteroatoms. The molecule has 0 radical (unpaired) electrons. The highest BCUT2D eigenvalue weighted by molar-refractivity contribution is 7.89. The summed E-state index contributed by atoms with van der Waals surface area (Å²) < 4.78 is 22.5. The molecule has 0 aliphatic rings. The number of pyridine rings is 1. The van der Waals surface area contributed by atoms with Crippen molar-refractivity contribution in [2.45, 2.75) is 4.90 Å². The molecular formula is C14H12N4O2S2. The van der Waals surface area contributed by atoms with E-state index >= 15 is 0 Å². The van der Waals surface area contributed by atoms with E-state index in [0.29, 0.717) is 10.9 Å². The zero-order valence-corrected chi connectivity index (χ0v) is 12.9. The first kappa shape index (κ1) is 14.6. The standard InChI is InChI=1S/C14H12N4O2S2/c15-22(19,20)11-6-4-10(5-7-11)12-9-21-14(17-12)18-13-3-1-2-8-16-13/h1-9H,(H2,15,19,20)(H,16,17,18). The van der Waals surface area contributed by atoms with Crippen molar-refractivity contribution in [2.75, 3.05) is 5.32 Å². The maximum absolute atomic E-state index is 11.2. The molecule has 6 nitrogen and oxygen atoms in total. The van der Waals surface area contributed by atoms with Crippen LogP contribution in [-0.2, 0) is 10.0 Å². The first-order valence-corrected chi connectivity index (χ1v) is 8.72. The molecule has 0 bridgehead atoms. The van der Waals surface area contributed by atoms with E-state index in [4.69, 9.17) is 5.14 Å². The summed E-state index contributed by atoms with van der Waals surface area (Å²) in [5.74, 6) is 0.716. The molecule has 0 atom stereocenters. The summed E-state index contributed by atoms with van der Waals surface area (Å²) in [5, 5.41) is 10.8. The maximum atomic E-state index is 11.2. The number of anilines is 2. The number of nitrogens with zero attached hydrogens (tertiary/aromatic N) is 2. The lowest BCUT2D eigenvalue weighted by Gasteiger charge is -2.01. The van der Waals surface area contributed by atoms with Crippen LogP contribution >= 0.6 is 11.3 Å². The SMILES string of the molecule is NS(=O)(=O)c1ccc(-c2csc(Nc3ccccn3)n2)cc1. The second kappa shape index (κ2) is 5.84. The Labute approximate surface area is 131 Å². The first-order chi connectivity index (χ1) is 10.5. The third kappa shape index (κ3) is 3.30. The van der Waals surface area contributed by atoms with Gasteiger partial charge >= 0.3 is 0 Å². The van der Waals surface area contributed by atoms with Crippen molar-refractivity contribution >= 4 is 32.3 Å². The van der Waals surface area contributed by atoms with Crippen LogP contribution < -0.4 is 10.5 Å². The number of rotatable bonds is 4. The van der Waals surface area contributed by atoms with Crippen molar-refractivity contribution in [3.8, 4) is 11.3 Å². The number of benzene rings is 1. The molecule has 112 valence electrons. The zero-order valence-electron chi connectivity index (χ0n) is 11.3. The molecule has 3 aromatic rings. The van der Waals surface area contributed by atoms with Gasteiger partial charge in [-0.25, -0.2) is 23.5 Å². The molecule has 2 heterocycles. The van der Waals surface area contributed by atoms with Gasteiger partial charge in [-0.1, -0.05) is 18.2 Å². The smallest absolute Gasteiger partial charge is 0.238 e. The Balaban J connectivity index is 1.82. The molecular weight excluding hydrogens is 320 g/mol. The fourth-order valence-corrected chi connectivity index (χ4v) is 3.07. The molecule has 2 aromatic heterocycles. The normalized spacial score (nSPS) is 11.3. The minimum absolute atomic E-state index is 0.0818. The second-order valence-corrected chi connectivity index (χ2v) is 6.87. The van der Waals surface area contributed by atoms with Crippen LogP contribution in [-0.4, -0.2) is 18.4 Å². The third-order valence-corrected chi connectivity index (χ3v) is 4.57. The number of nitrogens with one attached hydrogen (secondary N) is 1. The number of thiazole rings is 1. The molecule has 1 aromatic carbocycles. The predicted octanol–water partition coefficient (Wildman–Crippen LogP) is 2.60. The maximum Gasteiger partial charge on any atom is 0.238 e. The van der Waals surface area contributed by atoms with Gasteiger partial charge in [0, 0.05) is 17.1 Å². The summed E-state index contributed by atoms with van der Waals surface area (Å²) in [6, 6.07) is 11.9.